The molecule has 4 nitrogen and oxygen atoms in total. The van der Waals surface area contributed by atoms with Crippen LogP contribution >= 0.6 is 0 Å². The standard InChI is InChI=1S/C41H77NO3/c1-3-5-7-9-11-13-14-15-16-17-18-19-20-21-22-23-24-25-26-27-28-29-31-33-35-37-41(45)42-39(38-43)40(44)36-34-32-30-12-10-8-6-4-2/h14-15,17-18,20-21,39-40,43-44H,3-13,16,19,22-38H2,1-2H3,(H,42,45)/b15-14-,18-17-,21-20-. The van der Waals surface area contributed by atoms with E-state index in [1.54, 1.807) is 0 Å². The number of hydrogen-bond acceptors (Lipinski definition) is 3. The van der Waals surface area contributed by atoms with Gasteiger partial charge >= 0.3 is 0 Å². The lowest BCUT2D eigenvalue weighted by molar-refractivity contribution is -0.123. The predicted molar refractivity (Wildman–Crippen MR) is 198 cm³/mol. The van der Waals surface area contributed by atoms with Crippen LogP contribution in [0.25, 0.3) is 0 Å². The molecule has 0 radical (unpaired) electrons. The lowest BCUT2D eigenvalue weighted by Crippen LogP contribution is -2.45. The van der Waals surface area contributed by atoms with Crippen LogP contribution < -0.4 is 5.32 Å². The molecule has 0 aliphatic rings. The van der Waals surface area contributed by atoms with Gasteiger partial charge in [-0.3, -0.25) is 4.79 Å². The molecule has 0 saturated heterocycles. The minimum Gasteiger partial charge on any atom is -0.394 e. The summed E-state index contributed by atoms with van der Waals surface area (Å²) in [7, 11) is 0. The summed E-state index contributed by atoms with van der Waals surface area (Å²) in [5.41, 5.74) is 0. The highest BCUT2D eigenvalue weighted by Gasteiger charge is 2.19. The molecule has 0 aromatic rings. The SMILES string of the molecule is CCCCCCC/C=C\C/C=C\C/C=C\CCCCCCCCCCCCC(=O)NC(CO)C(O)CCCCCCCCCC. The van der Waals surface area contributed by atoms with Gasteiger partial charge in [0.05, 0.1) is 18.8 Å². The van der Waals surface area contributed by atoms with Crippen molar-refractivity contribution in [2.75, 3.05) is 6.61 Å². The number of rotatable bonds is 35. The van der Waals surface area contributed by atoms with Crippen molar-refractivity contribution in [3.8, 4) is 0 Å². The number of amides is 1. The summed E-state index contributed by atoms with van der Waals surface area (Å²) in [6.45, 7) is 4.31. The largest absolute Gasteiger partial charge is 0.394 e. The van der Waals surface area contributed by atoms with E-state index in [1.807, 2.05) is 0 Å². The van der Waals surface area contributed by atoms with Crippen molar-refractivity contribution in [3.63, 3.8) is 0 Å². The average Bonchev–Trinajstić information content (AvgIpc) is 3.04. The minimum absolute atomic E-state index is 0.0400. The molecule has 0 rings (SSSR count). The number of carbonyl (C=O) groups is 1. The van der Waals surface area contributed by atoms with Crippen molar-refractivity contribution in [1.82, 2.24) is 5.32 Å². The molecular weight excluding hydrogens is 554 g/mol. The van der Waals surface area contributed by atoms with Gasteiger partial charge in [-0.25, -0.2) is 0 Å². The second kappa shape index (κ2) is 37.1. The van der Waals surface area contributed by atoms with Crippen molar-refractivity contribution in [2.45, 2.75) is 212 Å². The molecule has 0 aliphatic carbocycles. The molecule has 0 bridgehead atoms. The Morgan fingerprint density at radius 3 is 1.36 bits per heavy atom. The third kappa shape index (κ3) is 33.8. The zero-order valence-corrected chi connectivity index (χ0v) is 30.1. The van der Waals surface area contributed by atoms with Crippen LogP contribution in [-0.2, 0) is 4.79 Å². The third-order valence-electron chi connectivity index (χ3n) is 8.90. The summed E-state index contributed by atoms with van der Waals surface area (Å²) in [4.78, 5) is 12.3. The van der Waals surface area contributed by atoms with E-state index in [4.69, 9.17) is 0 Å². The molecule has 2 atom stereocenters. The van der Waals surface area contributed by atoms with E-state index in [-0.39, 0.29) is 12.5 Å². The highest BCUT2D eigenvalue weighted by molar-refractivity contribution is 5.76. The van der Waals surface area contributed by atoms with Crippen LogP contribution in [0.2, 0.25) is 0 Å². The first-order valence-electron chi connectivity index (χ1n) is 19.7. The average molecular weight is 632 g/mol. The van der Waals surface area contributed by atoms with E-state index in [0.717, 1.165) is 38.5 Å². The quantitative estimate of drug-likeness (QED) is 0.0481. The third-order valence-corrected chi connectivity index (χ3v) is 8.90. The summed E-state index contributed by atoms with van der Waals surface area (Å²) < 4.78 is 0. The highest BCUT2D eigenvalue weighted by atomic mass is 16.3. The van der Waals surface area contributed by atoms with Gasteiger partial charge < -0.3 is 15.5 Å². The van der Waals surface area contributed by atoms with Gasteiger partial charge in [-0.2, -0.15) is 0 Å². The van der Waals surface area contributed by atoms with Crippen molar-refractivity contribution in [2.24, 2.45) is 0 Å². The number of hydrogen-bond donors (Lipinski definition) is 3. The van der Waals surface area contributed by atoms with Gasteiger partial charge in [0.1, 0.15) is 0 Å². The fraction of sp³-hybridized carbons (Fsp3) is 0.829. The predicted octanol–water partition coefficient (Wildman–Crippen LogP) is 11.8. The fourth-order valence-electron chi connectivity index (χ4n) is 5.84. The first-order chi connectivity index (χ1) is 22.2. The zero-order valence-electron chi connectivity index (χ0n) is 30.1. The van der Waals surface area contributed by atoms with Crippen LogP contribution in [0.1, 0.15) is 200 Å². The van der Waals surface area contributed by atoms with E-state index in [1.165, 1.54) is 135 Å². The normalized spacial score (nSPS) is 13.4. The molecule has 4 heteroatoms. The minimum atomic E-state index is -0.657. The molecule has 45 heavy (non-hydrogen) atoms. The summed E-state index contributed by atoms with van der Waals surface area (Å²) in [5, 5.41) is 22.9. The van der Waals surface area contributed by atoms with Gasteiger partial charge in [-0.05, 0) is 51.4 Å². The molecule has 264 valence electrons. The lowest BCUT2D eigenvalue weighted by Gasteiger charge is -2.22. The number of allylic oxidation sites excluding steroid dienone is 6. The number of carbonyl (C=O) groups excluding carboxylic acids is 1. The Labute approximate surface area is 281 Å². The number of unbranched alkanes of at least 4 members (excludes halogenated alkanes) is 22. The molecule has 0 saturated carbocycles. The fourth-order valence-corrected chi connectivity index (χ4v) is 5.84. The summed E-state index contributed by atoms with van der Waals surface area (Å²) >= 11 is 0. The molecular formula is C41H77NO3. The van der Waals surface area contributed by atoms with Gasteiger partial charge in [0.25, 0.3) is 0 Å². The number of aliphatic hydroxyl groups is 2. The molecule has 2 unspecified atom stereocenters. The summed E-state index contributed by atoms with van der Waals surface area (Å²) in [6.07, 6.45) is 47.9. The first-order valence-corrected chi connectivity index (χ1v) is 19.7. The number of nitrogens with one attached hydrogen (secondary N) is 1. The monoisotopic (exact) mass is 632 g/mol. The van der Waals surface area contributed by atoms with E-state index >= 15 is 0 Å². The van der Waals surface area contributed by atoms with Gasteiger partial charge in [-0.1, -0.05) is 179 Å². The second-order valence-corrected chi connectivity index (χ2v) is 13.4. The van der Waals surface area contributed by atoms with Crippen molar-refractivity contribution in [3.05, 3.63) is 36.5 Å². The van der Waals surface area contributed by atoms with Crippen molar-refractivity contribution >= 4 is 5.91 Å². The Bertz CT molecular complexity index is 686. The van der Waals surface area contributed by atoms with E-state index in [2.05, 4.69) is 55.6 Å². The van der Waals surface area contributed by atoms with Crippen LogP contribution in [-0.4, -0.2) is 34.9 Å². The molecule has 0 heterocycles. The van der Waals surface area contributed by atoms with Crippen LogP contribution in [0.5, 0.6) is 0 Å². The van der Waals surface area contributed by atoms with E-state index in [9.17, 15) is 15.0 Å². The van der Waals surface area contributed by atoms with Crippen molar-refractivity contribution < 1.29 is 15.0 Å². The Kier molecular flexibility index (Phi) is 35.9. The maximum absolute atomic E-state index is 12.3. The first kappa shape index (κ1) is 43.6. The molecule has 0 fully saturated rings. The van der Waals surface area contributed by atoms with E-state index < -0.39 is 12.1 Å². The van der Waals surface area contributed by atoms with Gasteiger partial charge in [0.2, 0.25) is 5.91 Å². The Morgan fingerprint density at radius 1 is 0.533 bits per heavy atom. The molecule has 1 amide bonds. The molecule has 0 aliphatic heterocycles. The van der Waals surface area contributed by atoms with Crippen molar-refractivity contribution in [1.29, 1.82) is 0 Å². The van der Waals surface area contributed by atoms with Gasteiger partial charge in [0.15, 0.2) is 0 Å². The Hall–Kier alpha value is -1.39. The maximum atomic E-state index is 12.3. The molecule has 0 aromatic carbocycles. The summed E-state index contributed by atoms with van der Waals surface area (Å²) in [5.74, 6) is -0.0400. The van der Waals surface area contributed by atoms with E-state index in [0.29, 0.717) is 12.8 Å². The zero-order chi connectivity index (χ0) is 32.9. The van der Waals surface area contributed by atoms with Crippen LogP contribution in [0.4, 0.5) is 0 Å². The second-order valence-electron chi connectivity index (χ2n) is 13.4. The van der Waals surface area contributed by atoms with Gasteiger partial charge in [-0.15, -0.1) is 0 Å². The Balaban J connectivity index is 3.51. The molecule has 0 spiro atoms. The van der Waals surface area contributed by atoms with Crippen LogP contribution in [0.15, 0.2) is 36.5 Å². The maximum Gasteiger partial charge on any atom is 0.220 e. The van der Waals surface area contributed by atoms with Crippen LogP contribution in [0, 0.1) is 0 Å². The lowest BCUT2D eigenvalue weighted by atomic mass is 10.0. The summed E-state index contributed by atoms with van der Waals surface area (Å²) in [6, 6.07) is -0.535. The number of aliphatic hydroxyl groups excluding tert-OH is 2. The van der Waals surface area contributed by atoms with Crippen LogP contribution in [0.3, 0.4) is 0 Å². The molecule has 0 aromatic heterocycles. The highest BCUT2D eigenvalue weighted by Crippen LogP contribution is 2.14. The van der Waals surface area contributed by atoms with Gasteiger partial charge in [0, 0.05) is 6.42 Å². The smallest absolute Gasteiger partial charge is 0.220 e. The molecule has 3 N–H and O–H groups in total. The Morgan fingerprint density at radius 2 is 0.911 bits per heavy atom. The topological polar surface area (TPSA) is 69.6 Å².